The first kappa shape index (κ1) is 16.0. The Kier molecular flexibility index (Phi) is 5.55. The number of esters is 1. The largest absolute Gasteiger partial charge is 0.478 e. The van der Waals surface area contributed by atoms with Crippen LogP contribution in [0.25, 0.3) is 0 Å². The first-order valence-corrected chi connectivity index (χ1v) is 7.31. The van der Waals surface area contributed by atoms with Gasteiger partial charge in [-0.05, 0) is 17.7 Å². The highest BCUT2D eigenvalue weighted by Gasteiger charge is 2.21. The van der Waals surface area contributed by atoms with Crippen molar-refractivity contribution in [2.75, 3.05) is 5.88 Å². The van der Waals surface area contributed by atoms with Gasteiger partial charge in [-0.25, -0.2) is 9.59 Å². The lowest BCUT2D eigenvalue weighted by Crippen LogP contribution is -2.15. The molecule has 0 radical (unpaired) electrons. The van der Waals surface area contributed by atoms with Gasteiger partial charge in [0, 0.05) is 12.3 Å². The summed E-state index contributed by atoms with van der Waals surface area (Å²) in [7, 11) is 0. The summed E-state index contributed by atoms with van der Waals surface area (Å²) in [6.07, 6.45) is -0.0555. The summed E-state index contributed by atoms with van der Waals surface area (Å²) in [5.74, 6) is -1.51. The molecule has 1 atom stereocenters. The molecule has 1 N–H and O–H groups in total. The molecule has 2 aromatic carbocycles. The fraction of sp³-hybridized carbons (Fsp3) is 0.176. The third-order valence-electron chi connectivity index (χ3n) is 3.17. The molecule has 2 aromatic rings. The summed E-state index contributed by atoms with van der Waals surface area (Å²) < 4.78 is 5.47. The summed E-state index contributed by atoms with van der Waals surface area (Å²) in [4.78, 5) is 23.5. The van der Waals surface area contributed by atoms with E-state index in [9.17, 15) is 9.59 Å². The number of ether oxygens (including phenoxy) is 1. The van der Waals surface area contributed by atoms with E-state index in [2.05, 4.69) is 0 Å². The van der Waals surface area contributed by atoms with Crippen molar-refractivity contribution >= 4 is 23.5 Å². The average Bonchev–Trinajstić information content (AvgIpc) is 2.55. The summed E-state index contributed by atoms with van der Waals surface area (Å²) in [5.41, 5.74) is 0.778. The van der Waals surface area contributed by atoms with Gasteiger partial charge in [0.05, 0.1) is 11.1 Å². The second-order valence-electron chi connectivity index (χ2n) is 4.63. The molecule has 5 heteroatoms. The van der Waals surface area contributed by atoms with Gasteiger partial charge >= 0.3 is 11.9 Å². The van der Waals surface area contributed by atoms with Crippen molar-refractivity contribution in [2.24, 2.45) is 0 Å². The van der Waals surface area contributed by atoms with E-state index in [1.165, 1.54) is 12.1 Å². The number of alkyl halides is 1. The van der Waals surface area contributed by atoms with Crippen LogP contribution in [0.3, 0.4) is 0 Å². The van der Waals surface area contributed by atoms with E-state index in [0.29, 0.717) is 12.3 Å². The van der Waals surface area contributed by atoms with Crippen LogP contribution in [0.5, 0.6) is 0 Å². The zero-order chi connectivity index (χ0) is 15.9. The molecular weight excluding hydrogens is 304 g/mol. The van der Waals surface area contributed by atoms with Gasteiger partial charge in [0.15, 0.2) is 0 Å². The molecule has 0 heterocycles. The molecule has 0 amide bonds. The van der Waals surface area contributed by atoms with Crippen LogP contribution in [0.2, 0.25) is 0 Å². The summed E-state index contributed by atoms with van der Waals surface area (Å²) >= 11 is 5.77. The molecule has 0 aliphatic carbocycles. The maximum Gasteiger partial charge on any atom is 0.339 e. The van der Waals surface area contributed by atoms with Gasteiger partial charge < -0.3 is 9.84 Å². The number of hydrogen-bond donors (Lipinski definition) is 1. The van der Waals surface area contributed by atoms with E-state index >= 15 is 0 Å². The molecule has 0 aliphatic heterocycles. The van der Waals surface area contributed by atoms with Crippen LogP contribution < -0.4 is 0 Å². The van der Waals surface area contributed by atoms with Crippen LogP contribution in [0.1, 0.15) is 38.8 Å². The third kappa shape index (κ3) is 3.86. The molecule has 0 aromatic heterocycles. The second kappa shape index (κ2) is 7.61. The Morgan fingerprint density at radius 2 is 1.59 bits per heavy atom. The van der Waals surface area contributed by atoms with Gasteiger partial charge in [-0.15, -0.1) is 11.6 Å². The zero-order valence-electron chi connectivity index (χ0n) is 11.7. The molecule has 0 fully saturated rings. The van der Waals surface area contributed by atoms with Gasteiger partial charge in [-0.2, -0.15) is 0 Å². The van der Waals surface area contributed by atoms with Crippen molar-refractivity contribution in [1.82, 2.24) is 0 Å². The monoisotopic (exact) mass is 318 g/mol. The Morgan fingerprint density at radius 1 is 1.00 bits per heavy atom. The maximum atomic E-state index is 12.3. The van der Waals surface area contributed by atoms with Crippen LogP contribution >= 0.6 is 11.6 Å². The van der Waals surface area contributed by atoms with Crippen LogP contribution in [0.15, 0.2) is 54.6 Å². The lowest BCUT2D eigenvalue weighted by molar-refractivity contribution is 0.0284. The number of hydrogen-bond acceptors (Lipinski definition) is 3. The molecule has 1 unspecified atom stereocenters. The molecule has 22 heavy (non-hydrogen) atoms. The number of halogens is 1. The van der Waals surface area contributed by atoms with Crippen molar-refractivity contribution in [3.63, 3.8) is 0 Å². The van der Waals surface area contributed by atoms with E-state index < -0.39 is 18.0 Å². The Labute approximate surface area is 133 Å². The van der Waals surface area contributed by atoms with E-state index in [0.717, 1.165) is 5.56 Å². The van der Waals surface area contributed by atoms with Crippen LogP contribution in [0.4, 0.5) is 0 Å². The minimum atomic E-state index is -1.17. The molecule has 0 spiro atoms. The van der Waals surface area contributed by atoms with Gasteiger partial charge in [0.2, 0.25) is 0 Å². The number of benzene rings is 2. The summed E-state index contributed by atoms with van der Waals surface area (Å²) in [6, 6.07) is 15.2. The first-order chi connectivity index (χ1) is 10.6. The summed E-state index contributed by atoms with van der Waals surface area (Å²) in [6.45, 7) is 0. The van der Waals surface area contributed by atoms with Crippen molar-refractivity contribution in [2.45, 2.75) is 12.5 Å². The predicted molar refractivity (Wildman–Crippen MR) is 83.3 cm³/mol. The molecule has 0 saturated carbocycles. The molecule has 114 valence electrons. The molecule has 2 rings (SSSR count). The highest BCUT2D eigenvalue weighted by molar-refractivity contribution is 6.17. The Morgan fingerprint density at radius 3 is 2.18 bits per heavy atom. The molecule has 4 nitrogen and oxygen atoms in total. The zero-order valence-corrected chi connectivity index (χ0v) is 12.5. The molecule has 0 aliphatic rings. The smallest absolute Gasteiger partial charge is 0.339 e. The first-order valence-electron chi connectivity index (χ1n) is 6.77. The normalized spacial score (nSPS) is 11.7. The highest BCUT2D eigenvalue weighted by atomic mass is 35.5. The van der Waals surface area contributed by atoms with Crippen LogP contribution in [-0.4, -0.2) is 22.9 Å². The standard InChI is InChI=1S/C17H15ClO4/c18-11-10-15(12-6-2-1-3-7-12)22-17(21)14-9-5-4-8-13(14)16(19)20/h1-9,15H,10-11H2,(H,19,20). The number of rotatable bonds is 6. The SMILES string of the molecule is O=C(O)c1ccccc1C(=O)OC(CCCl)c1ccccc1. The Hall–Kier alpha value is -2.33. The minimum absolute atomic E-state index is 0.0329. The van der Waals surface area contributed by atoms with Crippen molar-refractivity contribution in [3.05, 3.63) is 71.3 Å². The number of carboxylic acids is 1. The highest BCUT2D eigenvalue weighted by Crippen LogP contribution is 2.24. The minimum Gasteiger partial charge on any atom is -0.478 e. The predicted octanol–water partition coefficient (Wildman–Crippen LogP) is 3.91. The van der Waals surface area contributed by atoms with E-state index in [4.69, 9.17) is 21.4 Å². The van der Waals surface area contributed by atoms with Crippen molar-refractivity contribution < 1.29 is 19.4 Å². The number of carbonyl (C=O) groups excluding carboxylic acids is 1. The molecule has 0 saturated heterocycles. The maximum absolute atomic E-state index is 12.3. The van der Waals surface area contributed by atoms with E-state index in [1.54, 1.807) is 12.1 Å². The number of aromatic carboxylic acids is 1. The van der Waals surface area contributed by atoms with Crippen molar-refractivity contribution in [3.8, 4) is 0 Å². The summed E-state index contributed by atoms with van der Waals surface area (Å²) in [5, 5.41) is 9.14. The van der Waals surface area contributed by atoms with Gasteiger partial charge in [-0.3, -0.25) is 0 Å². The van der Waals surface area contributed by atoms with E-state index in [1.807, 2.05) is 30.3 Å². The lowest BCUT2D eigenvalue weighted by atomic mass is 10.1. The van der Waals surface area contributed by atoms with Crippen LogP contribution in [-0.2, 0) is 4.74 Å². The quantitative estimate of drug-likeness (QED) is 0.648. The Balaban J connectivity index is 2.24. The van der Waals surface area contributed by atoms with E-state index in [-0.39, 0.29) is 11.1 Å². The van der Waals surface area contributed by atoms with Crippen LogP contribution in [0, 0.1) is 0 Å². The third-order valence-corrected chi connectivity index (χ3v) is 3.39. The molecule has 0 bridgehead atoms. The fourth-order valence-electron chi connectivity index (χ4n) is 2.10. The van der Waals surface area contributed by atoms with Gasteiger partial charge in [0.1, 0.15) is 6.10 Å². The number of carbonyl (C=O) groups is 2. The lowest BCUT2D eigenvalue weighted by Gasteiger charge is -2.18. The van der Waals surface area contributed by atoms with Crippen molar-refractivity contribution in [1.29, 1.82) is 0 Å². The van der Waals surface area contributed by atoms with Gasteiger partial charge in [-0.1, -0.05) is 42.5 Å². The molecular formula is C17H15ClO4. The fourth-order valence-corrected chi connectivity index (χ4v) is 2.30. The van der Waals surface area contributed by atoms with Gasteiger partial charge in [0.25, 0.3) is 0 Å². The topological polar surface area (TPSA) is 63.6 Å². The number of carboxylic acid groups (broad SMARTS) is 1. The second-order valence-corrected chi connectivity index (χ2v) is 5.01. The Bertz CT molecular complexity index is 655. The average molecular weight is 319 g/mol.